The Morgan fingerprint density at radius 3 is 2.63 bits per heavy atom. The summed E-state index contributed by atoms with van der Waals surface area (Å²) in [5.74, 6) is -0.633. The second-order valence-electron chi connectivity index (χ2n) is 10.0. The average Bonchev–Trinajstić information content (AvgIpc) is 3.24. The summed E-state index contributed by atoms with van der Waals surface area (Å²) in [6.07, 6.45) is -0.490. The number of carbonyl (C=O) groups excluding carboxylic acids is 2. The molecule has 10 nitrogen and oxygen atoms in total. The van der Waals surface area contributed by atoms with Gasteiger partial charge in [-0.3, -0.25) is 5.32 Å². The topological polar surface area (TPSA) is 123 Å². The number of rotatable bonds is 4. The fourth-order valence-corrected chi connectivity index (χ4v) is 4.67. The lowest BCUT2D eigenvalue weighted by molar-refractivity contribution is 0.0177. The minimum absolute atomic E-state index is 0.0964. The number of nitrogens with zero attached hydrogens (tertiary/aromatic N) is 3. The van der Waals surface area contributed by atoms with Crippen LogP contribution in [0.15, 0.2) is 42.6 Å². The number of amides is 2. The number of aromatic nitrogens is 2. The summed E-state index contributed by atoms with van der Waals surface area (Å²) in [6, 6.07) is 7.78. The monoisotopic (exact) mass is 546 g/mol. The zero-order valence-corrected chi connectivity index (χ0v) is 21.9. The number of piperidine rings is 1. The van der Waals surface area contributed by atoms with Crippen molar-refractivity contribution in [3.8, 4) is 0 Å². The van der Waals surface area contributed by atoms with Crippen LogP contribution in [0.5, 0.6) is 0 Å². The van der Waals surface area contributed by atoms with Crippen molar-refractivity contribution in [3.63, 3.8) is 0 Å². The van der Waals surface area contributed by atoms with Gasteiger partial charge in [0.1, 0.15) is 17.5 Å². The molecule has 2 N–H and O–H groups in total. The minimum Gasteiger partial charge on any atom is -0.465 e. The highest BCUT2D eigenvalue weighted by Gasteiger charge is 2.37. The van der Waals surface area contributed by atoms with Crippen molar-refractivity contribution in [2.45, 2.75) is 57.8 Å². The van der Waals surface area contributed by atoms with E-state index >= 15 is 0 Å². The van der Waals surface area contributed by atoms with E-state index in [1.807, 2.05) is 0 Å². The molecule has 2 atom stereocenters. The molecule has 1 fully saturated rings. The van der Waals surface area contributed by atoms with E-state index in [0.717, 1.165) is 17.2 Å². The van der Waals surface area contributed by atoms with Gasteiger partial charge in [-0.05, 0) is 82.0 Å². The number of carboxylic acid groups (broad SMARTS) is 1. The van der Waals surface area contributed by atoms with E-state index in [2.05, 4.69) is 10.4 Å². The molecule has 1 saturated heterocycles. The van der Waals surface area contributed by atoms with E-state index in [-0.39, 0.29) is 17.1 Å². The SMILES string of the molecule is CC(C)(C)OC(=O)n1ncc2cc(NC(=O)O[C@@H](c3cc(F)cc(Cl)c3)[C@H]3CCCCN3C(=O)O)ccc21. The Morgan fingerprint density at radius 2 is 1.95 bits per heavy atom. The fourth-order valence-electron chi connectivity index (χ4n) is 4.44. The molecule has 1 aliphatic rings. The number of carbonyl (C=O) groups is 3. The Kier molecular flexibility index (Phi) is 7.77. The Hall–Kier alpha value is -3.86. The van der Waals surface area contributed by atoms with Gasteiger partial charge in [-0.1, -0.05) is 11.6 Å². The predicted octanol–water partition coefficient (Wildman–Crippen LogP) is 6.43. The summed E-state index contributed by atoms with van der Waals surface area (Å²) in [4.78, 5) is 38.5. The number of fused-ring (bicyclic) bond motifs is 1. The molecule has 2 amide bonds. The molecule has 4 rings (SSSR count). The highest BCUT2D eigenvalue weighted by Crippen LogP contribution is 2.34. The minimum atomic E-state index is -1.15. The number of likely N-dealkylation sites (tertiary alicyclic amines) is 1. The summed E-state index contributed by atoms with van der Waals surface area (Å²) < 4.78 is 26.4. The number of hydrogen-bond donors (Lipinski definition) is 2. The maximum absolute atomic E-state index is 14.2. The molecule has 12 heteroatoms. The molecule has 1 aromatic heterocycles. The number of halogens is 2. The van der Waals surface area contributed by atoms with Gasteiger partial charge in [-0.15, -0.1) is 0 Å². The summed E-state index contributed by atoms with van der Waals surface area (Å²) in [7, 11) is 0. The predicted molar refractivity (Wildman–Crippen MR) is 138 cm³/mol. The molecule has 0 spiro atoms. The first kappa shape index (κ1) is 27.2. The van der Waals surface area contributed by atoms with E-state index in [1.165, 1.54) is 23.2 Å². The highest BCUT2D eigenvalue weighted by atomic mass is 35.5. The molecule has 1 aliphatic heterocycles. The van der Waals surface area contributed by atoms with Crippen LogP contribution in [-0.4, -0.2) is 56.3 Å². The Labute approximate surface area is 223 Å². The zero-order valence-electron chi connectivity index (χ0n) is 21.1. The molecule has 0 radical (unpaired) electrons. The van der Waals surface area contributed by atoms with Crippen molar-refractivity contribution in [2.24, 2.45) is 0 Å². The number of anilines is 1. The van der Waals surface area contributed by atoms with Gasteiger partial charge >= 0.3 is 18.3 Å². The summed E-state index contributed by atoms with van der Waals surface area (Å²) in [6.45, 7) is 5.51. The van der Waals surface area contributed by atoms with Gasteiger partial charge < -0.3 is 19.5 Å². The maximum Gasteiger partial charge on any atom is 0.435 e. The van der Waals surface area contributed by atoms with Crippen molar-refractivity contribution in [1.82, 2.24) is 14.7 Å². The van der Waals surface area contributed by atoms with Crippen LogP contribution < -0.4 is 5.32 Å². The van der Waals surface area contributed by atoms with Crippen LogP contribution in [-0.2, 0) is 9.47 Å². The van der Waals surface area contributed by atoms with Gasteiger partial charge in [0, 0.05) is 22.6 Å². The zero-order chi connectivity index (χ0) is 27.6. The number of ether oxygens (including phenoxy) is 2. The van der Waals surface area contributed by atoms with Gasteiger partial charge in [0.2, 0.25) is 0 Å². The first-order valence-electron chi connectivity index (χ1n) is 12.1. The third-order valence-corrected chi connectivity index (χ3v) is 6.19. The van der Waals surface area contributed by atoms with Gasteiger partial charge in [0.25, 0.3) is 0 Å². The first-order chi connectivity index (χ1) is 17.9. The molecular formula is C26H28ClFN4O6. The molecule has 0 bridgehead atoms. The van der Waals surface area contributed by atoms with Crippen LogP contribution in [0, 0.1) is 5.82 Å². The number of hydrogen-bond acceptors (Lipinski definition) is 6. The van der Waals surface area contributed by atoms with Crippen molar-refractivity contribution in [2.75, 3.05) is 11.9 Å². The van der Waals surface area contributed by atoms with Crippen molar-refractivity contribution < 1.29 is 33.4 Å². The van der Waals surface area contributed by atoms with Gasteiger partial charge in [-0.2, -0.15) is 9.78 Å². The van der Waals surface area contributed by atoms with Crippen molar-refractivity contribution in [1.29, 1.82) is 0 Å². The molecule has 3 aromatic rings. The quantitative estimate of drug-likeness (QED) is 0.386. The average molecular weight is 547 g/mol. The van der Waals surface area contributed by atoms with E-state index in [1.54, 1.807) is 39.0 Å². The molecule has 38 heavy (non-hydrogen) atoms. The van der Waals surface area contributed by atoms with E-state index < -0.39 is 41.8 Å². The van der Waals surface area contributed by atoms with Gasteiger partial charge in [0.05, 0.1) is 17.8 Å². The van der Waals surface area contributed by atoms with Crippen LogP contribution in [0.2, 0.25) is 5.02 Å². The maximum atomic E-state index is 14.2. The van der Waals surface area contributed by atoms with E-state index in [0.29, 0.717) is 29.4 Å². The molecule has 0 aliphatic carbocycles. The Bertz CT molecular complexity index is 1350. The van der Waals surface area contributed by atoms with Gasteiger partial charge in [0.15, 0.2) is 0 Å². The molecule has 202 valence electrons. The third kappa shape index (κ3) is 6.34. The summed E-state index contributed by atoms with van der Waals surface area (Å²) in [5, 5.41) is 17.1. The Balaban J connectivity index is 1.56. The number of nitrogens with one attached hydrogen (secondary N) is 1. The smallest absolute Gasteiger partial charge is 0.435 e. The highest BCUT2D eigenvalue weighted by molar-refractivity contribution is 6.30. The lowest BCUT2D eigenvalue weighted by Crippen LogP contribution is -2.47. The van der Waals surface area contributed by atoms with E-state index in [9.17, 15) is 23.9 Å². The van der Waals surface area contributed by atoms with Gasteiger partial charge in [-0.25, -0.2) is 18.8 Å². The summed E-state index contributed by atoms with van der Waals surface area (Å²) >= 11 is 6.05. The second kappa shape index (κ2) is 10.9. The lowest BCUT2D eigenvalue weighted by atomic mass is 9.93. The molecule has 2 heterocycles. The van der Waals surface area contributed by atoms with E-state index in [4.69, 9.17) is 21.1 Å². The number of benzene rings is 2. The molecule has 0 saturated carbocycles. The lowest BCUT2D eigenvalue weighted by Gasteiger charge is -2.38. The summed E-state index contributed by atoms with van der Waals surface area (Å²) in [5.41, 5.74) is 0.376. The molecular weight excluding hydrogens is 519 g/mol. The van der Waals surface area contributed by atoms with Crippen LogP contribution in [0.3, 0.4) is 0 Å². The first-order valence-corrected chi connectivity index (χ1v) is 12.4. The van der Waals surface area contributed by atoms with Crippen molar-refractivity contribution >= 4 is 46.5 Å². The van der Waals surface area contributed by atoms with Crippen LogP contribution in [0.1, 0.15) is 51.7 Å². The standard InChI is InChI=1S/C26H28ClFN4O6/c1-26(2,3)38-25(36)32-20-8-7-19(12-16(20)14-29-32)30-23(33)37-22(15-10-17(27)13-18(28)11-15)21-6-4-5-9-31(21)24(34)35/h7-8,10-14,21-22H,4-6,9H2,1-3H3,(H,30,33)(H,34,35)/t21-,22+/m1/s1. The fraction of sp³-hybridized carbons (Fsp3) is 0.385. The second-order valence-corrected chi connectivity index (χ2v) is 10.4. The molecule has 0 unspecified atom stereocenters. The largest absolute Gasteiger partial charge is 0.465 e. The van der Waals surface area contributed by atoms with Crippen LogP contribution in [0.4, 0.5) is 24.5 Å². The normalized spacial score (nSPS) is 16.7. The third-order valence-electron chi connectivity index (χ3n) is 5.97. The molecule has 2 aromatic carbocycles. The van der Waals surface area contributed by atoms with Crippen LogP contribution in [0.25, 0.3) is 10.9 Å². The van der Waals surface area contributed by atoms with Crippen molar-refractivity contribution in [3.05, 3.63) is 59.0 Å². The van der Waals surface area contributed by atoms with Crippen LogP contribution >= 0.6 is 11.6 Å². The Morgan fingerprint density at radius 1 is 1.18 bits per heavy atom.